The summed E-state index contributed by atoms with van der Waals surface area (Å²) < 4.78 is 11.8. The maximum Gasteiger partial charge on any atom is 0.144 e. The summed E-state index contributed by atoms with van der Waals surface area (Å²) in [5.41, 5.74) is 0.728. The van der Waals surface area contributed by atoms with Gasteiger partial charge in [0.05, 0.1) is 24.3 Å². The van der Waals surface area contributed by atoms with Crippen molar-refractivity contribution in [2.24, 2.45) is 5.92 Å². The van der Waals surface area contributed by atoms with Gasteiger partial charge in [0.15, 0.2) is 0 Å². The number of rotatable bonds is 1. The van der Waals surface area contributed by atoms with Gasteiger partial charge in [0.25, 0.3) is 0 Å². The summed E-state index contributed by atoms with van der Waals surface area (Å²) in [6, 6.07) is 3.77. The highest BCUT2D eigenvalue weighted by molar-refractivity contribution is 6.35. The molecule has 1 saturated heterocycles. The Hall–Kier alpha value is -0.520. The van der Waals surface area contributed by atoms with Crippen LogP contribution < -0.4 is 4.74 Å². The molecule has 4 rings (SSSR count). The molecule has 0 unspecified atom stereocenters. The topological polar surface area (TPSA) is 41.9 Å². The average molecular weight is 358 g/mol. The first-order valence-electron chi connectivity index (χ1n) is 8.30. The van der Waals surface area contributed by atoms with Gasteiger partial charge in [-0.05, 0) is 25.0 Å². The van der Waals surface area contributed by atoms with Gasteiger partial charge in [-0.25, -0.2) is 0 Å². The molecule has 1 N–H and O–H groups in total. The summed E-state index contributed by atoms with van der Waals surface area (Å²) >= 11 is 12.4. The predicted octanol–water partition coefficient (Wildman–Crippen LogP) is 3.29. The molecule has 2 heterocycles. The summed E-state index contributed by atoms with van der Waals surface area (Å²) in [6.07, 6.45) is 2.57. The Morgan fingerprint density at radius 2 is 1.91 bits per heavy atom. The van der Waals surface area contributed by atoms with Gasteiger partial charge in [-0.15, -0.1) is 0 Å². The standard InChI is InChI=1S/C17H21Cl2NO3/c18-10-8-12-15(21)11-2-1-3-14(20-4-6-22-7-5-20)17(11)23-16(12)13(19)9-10/h8-9,11,14-15,17,21H,1-7H2/t11-,14+,15+,17-/m1/s1. The van der Waals surface area contributed by atoms with E-state index in [2.05, 4.69) is 4.90 Å². The van der Waals surface area contributed by atoms with Crippen LogP contribution in [-0.2, 0) is 4.74 Å². The van der Waals surface area contributed by atoms with Gasteiger partial charge >= 0.3 is 0 Å². The van der Waals surface area contributed by atoms with Crippen molar-refractivity contribution in [2.45, 2.75) is 37.5 Å². The lowest BCUT2D eigenvalue weighted by atomic mass is 9.75. The highest BCUT2D eigenvalue weighted by Gasteiger charge is 2.46. The summed E-state index contributed by atoms with van der Waals surface area (Å²) in [7, 11) is 0. The Labute approximate surface area is 146 Å². The molecule has 2 aliphatic heterocycles. The number of halogens is 2. The second-order valence-corrected chi connectivity index (χ2v) is 7.49. The minimum absolute atomic E-state index is 0.0250. The van der Waals surface area contributed by atoms with Crippen molar-refractivity contribution in [1.29, 1.82) is 0 Å². The molecule has 0 amide bonds. The predicted molar refractivity (Wildman–Crippen MR) is 89.4 cm³/mol. The van der Waals surface area contributed by atoms with Gasteiger partial charge in [0, 0.05) is 35.6 Å². The molecule has 23 heavy (non-hydrogen) atoms. The molecular formula is C17H21Cl2NO3. The first kappa shape index (κ1) is 16.0. The monoisotopic (exact) mass is 357 g/mol. The number of ether oxygens (including phenoxy) is 2. The molecule has 126 valence electrons. The van der Waals surface area contributed by atoms with Crippen LogP contribution in [0.2, 0.25) is 10.0 Å². The van der Waals surface area contributed by atoms with E-state index in [9.17, 15) is 5.11 Å². The van der Waals surface area contributed by atoms with Gasteiger partial charge in [-0.1, -0.05) is 29.6 Å². The lowest BCUT2D eigenvalue weighted by Crippen LogP contribution is -2.57. The zero-order valence-corrected chi connectivity index (χ0v) is 14.4. The highest BCUT2D eigenvalue weighted by atomic mass is 35.5. The zero-order chi connectivity index (χ0) is 16.0. The summed E-state index contributed by atoms with van der Waals surface area (Å²) in [5.74, 6) is 0.698. The normalized spacial score (nSPS) is 34.4. The van der Waals surface area contributed by atoms with Gasteiger partial charge < -0.3 is 14.6 Å². The molecule has 0 radical (unpaired) electrons. The smallest absolute Gasteiger partial charge is 0.144 e. The molecule has 6 heteroatoms. The van der Waals surface area contributed by atoms with Crippen molar-refractivity contribution in [1.82, 2.24) is 4.90 Å². The molecule has 0 bridgehead atoms. The van der Waals surface area contributed by atoms with Crippen LogP contribution in [-0.4, -0.2) is 48.5 Å². The van der Waals surface area contributed by atoms with Gasteiger partial charge in [-0.3, -0.25) is 4.90 Å². The van der Waals surface area contributed by atoms with Crippen molar-refractivity contribution in [3.63, 3.8) is 0 Å². The van der Waals surface area contributed by atoms with E-state index in [-0.39, 0.29) is 12.0 Å². The van der Waals surface area contributed by atoms with E-state index in [0.717, 1.165) is 51.1 Å². The summed E-state index contributed by atoms with van der Waals surface area (Å²) in [4.78, 5) is 2.45. The molecule has 0 aromatic heterocycles. The molecule has 1 aliphatic carbocycles. The number of aliphatic hydroxyl groups is 1. The Kier molecular flexibility index (Phi) is 4.45. The van der Waals surface area contributed by atoms with Crippen LogP contribution in [0, 0.1) is 5.92 Å². The first-order valence-corrected chi connectivity index (χ1v) is 9.06. The number of benzene rings is 1. The van der Waals surface area contributed by atoms with Crippen LogP contribution in [0.25, 0.3) is 0 Å². The number of nitrogens with zero attached hydrogens (tertiary/aromatic N) is 1. The fourth-order valence-corrected chi connectivity index (χ4v) is 4.82. The quantitative estimate of drug-likeness (QED) is 0.837. The number of aliphatic hydroxyl groups excluding tert-OH is 1. The Morgan fingerprint density at radius 3 is 2.70 bits per heavy atom. The van der Waals surface area contributed by atoms with Crippen LogP contribution in [0.5, 0.6) is 5.75 Å². The summed E-state index contributed by atoms with van der Waals surface area (Å²) in [6.45, 7) is 3.38. The molecular weight excluding hydrogens is 337 g/mol. The molecule has 2 fully saturated rings. The molecule has 1 aromatic carbocycles. The van der Waals surface area contributed by atoms with Crippen molar-refractivity contribution in [2.75, 3.05) is 26.3 Å². The third-order valence-electron chi connectivity index (χ3n) is 5.37. The third kappa shape index (κ3) is 2.85. The van der Waals surface area contributed by atoms with Crippen molar-refractivity contribution < 1.29 is 14.6 Å². The Bertz CT molecular complexity index is 591. The van der Waals surface area contributed by atoms with Gasteiger partial charge in [0.1, 0.15) is 11.9 Å². The second kappa shape index (κ2) is 6.41. The molecule has 0 spiro atoms. The number of fused-ring (bicyclic) bond motifs is 2. The lowest BCUT2D eigenvalue weighted by molar-refractivity contribution is -0.0868. The van der Waals surface area contributed by atoms with Crippen molar-refractivity contribution in [3.05, 3.63) is 27.7 Å². The number of morpholine rings is 1. The Morgan fingerprint density at radius 1 is 1.13 bits per heavy atom. The molecule has 1 saturated carbocycles. The first-order chi connectivity index (χ1) is 11.1. The van der Waals surface area contributed by atoms with E-state index in [0.29, 0.717) is 21.8 Å². The van der Waals surface area contributed by atoms with Crippen LogP contribution in [0.1, 0.15) is 30.9 Å². The van der Waals surface area contributed by atoms with E-state index in [1.54, 1.807) is 12.1 Å². The highest BCUT2D eigenvalue weighted by Crippen LogP contribution is 2.49. The molecule has 1 aromatic rings. The number of hydrogen-bond acceptors (Lipinski definition) is 4. The molecule has 4 atom stereocenters. The van der Waals surface area contributed by atoms with Gasteiger partial charge in [-0.2, -0.15) is 0 Å². The largest absolute Gasteiger partial charge is 0.486 e. The van der Waals surface area contributed by atoms with Crippen molar-refractivity contribution >= 4 is 23.2 Å². The zero-order valence-electron chi connectivity index (χ0n) is 12.9. The van der Waals surface area contributed by atoms with E-state index < -0.39 is 6.10 Å². The third-order valence-corrected chi connectivity index (χ3v) is 5.87. The average Bonchev–Trinajstić information content (AvgIpc) is 2.56. The fourth-order valence-electron chi connectivity index (χ4n) is 4.27. The van der Waals surface area contributed by atoms with Crippen LogP contribution in [0.4, 0.5) is 0 Å². The van der Waals surface area contributed by atoms with Crippen LogP contribution in [0.3, 0.4) is 0 Å². The number of hydrogen-bond donors (Lipinski definition) is 1. The second-order valence-electron chi connectivity index (χ2n) is 6.64. The van der Waals surface area contributed by atoms with E-state index in [4.69, 9.17) is 32.7 Å². The lowest BCUT2D eigenvalue weighted by Gasteiger charge is -2.48. The fraction of sp³-hybridized carbons (Fsp3) is 0.647. The maximum atomic E-state index is 10.9. The minimum atomic E-state index is -0.566. The van der Waals surface area contributed by atoms with Crippen LogP contribution in [0.15, 0.2) is 12.1 Å². The van der Waals surface area contributed by atoms with Crippen LogP contribution >= 0.6 is 23.2 Å². The van der Waals surface area contributed by atoms with E-state index in [1.165, 1.54) is 0 Å². The van der Waals surface area contributed by atoms with Crippen molar-refractivity contribution in [3.8, 4) is 5.75 Å². The van der Waals surface area contributed by atoms with Gasteiger partial charge in [0.2, 0.25) is 0 Å². The molecule has 3 aliphatic rings. The molecule has 4 nitrogen and oxygen atoms in total. The van der Waals surface area contributed by atoms with E-state index >= 15 is 0 Å². The Balaban J connectivity index is 1.67. The summed E-state index contributed by atoms with van der Waals surface area (Å²) in [5, 5.41) is 11.9. The maximum absolute atomic E-state index is 10.9. The minimum Gasteiger partial charge on any atom is -0.486 e. The SMILES string of the molecule is O[C@@H]1c2cc(Cl)cc(Cl)c2O[C@@H]2[C@@H]1CCC[C@@H]2N1CCOCC1. The van der Waals surface area contributed by atoms with E-state index in [1.807, 2.05) is 0 Å².